The van der Waals surface area contributed by atoms with Crippen LogP contribution in [-0.2, 0) is 4.79 Å². The van der Waals surface area contributed by atoms with Crippen LogP contribution in [0.2, 0.25) is 0 Å². The van der Waals surface area contributed by atoms with Gasteiger partial charge >= 0.3 is 0 Å². The molecule has 0 aromatic carbocycles. The van der Waals surface area contributed by atoms with Crippen LogP contribution in [0.3, 0.4) is 0 Å². The number of aromatic nitrogens is 4. The van der Waals surface area contributed by atoms with E-state index in [-0.39, 0.29) is 29.4 Å². The Labute approximate surface area is 207 Å². The van der Waals surface area contributed by atoms with Gasteiger partial charge < -0.3 is 27.0 Å². The maximum Gasteiger partial charge on any atom is 0.276 e. The Balaban J connectivity index is 1.33. The Hall–Kier alpha value is -3.80. The summed E-state index contributed by atoms with van der Waals surface area (Å²) in [4.78, 5) is 32.9. The van der Waals surface area contributed by atoms with Crippen LogP contribution in [0.4, 0.5) is 21.6 Å². The fourth-order valence-corrected chi connectivity index (χ4v) is 4.43. The van der Waals surface area contributed by atoms with Crippen LogP contribution in [-0.4, -0.2) is 56.1 Å². The fourth-order valence-electron chi connectivity index (χ4n) is 4.43. The van der Waals surface area contributed by atoms with Crippen molar-refractivity contribution in [2.45, 2.75) is 63.1 Å². The van der Waals surface area contributed by atoms with E-state index in [0.29, 0.717) is 30.5 Å². The van der Waals surface area contributed by atoms with Crippen molar-refractivity contribution in [1.82, 2.24) is 24.9 Å². The quantitative estimate of drug-likeness (QED) is 0.303. The molecular weight excluding hydrogens is 465 g/mol. The number of nitrogens with one attached hydrogen (secondary N) is 4. The van der Waals surface area contributed by atoms with E-state index in [4.69, 9.17) is 5.73 Å². The molecule has 0 spiro atoms. The largest absolute Gasteiger partial charge is 0.379 e. The molecule has 0 bridgehead atoms. The van der Waals surface area contributed by atoms with Gasteiger partial charge in [-0.05, 0) is 44.6 Å². The van der Waals surface area contributed by atoms with Gasteiger partial charge in [0.1, 0.15) is 5.82 Å². The van der Waals surface area contributed by atoms with Crippen molar-refractivity contribution < 1.29 is 14.0 Å². The average molecular weight is 496 g/mol. The Kier molecular flexibility index (Phi) is 6.94. The van der Waals surface area contributed by atoms with Crippen LogP contribution >= 0.6 is 0 Å². The molecule has 36 heavy (non-hydrogen) atoms. The second kappa shape index (κ2) is 10.4. The molecule has 3 aromatic rings. The van der Waals surface area contributed by atoms with Gasteiger partial charge in [-0.25, -0.2) is 13.9 Å². The molecule has 2 aliphatic carbocycles. The fraction of sp³-hybridized carbons (Fsp3) is 0.458. The average Bonchev–Trinajstić information content (AvgIpc) is 3.57. The third-order valence-electron chi connectivity index (χ3n) is 6.47. The monoisotopic (exact) mass is 495 g/mol. The molecule has 0 atom stereocenters. The SMILES string of the molecule is NCCC(=O)NC1CCC(Nc2cc(NC3CC3)c3ncc(C(=O)Nc4ccncc4F)n3n2)CC1. The number of carbonyl (C=O) groups is 2. The predicted octanol–water partition coefficient (Wildman–Crippen LogP) is 2.28. The Morgan fingerprint density at radius 1 is 1.03 bits per heavy atom. The highest BCUT2D eigenvalue weighted by molar-refractivity contribution is 6.03. The van der Waals surface area contributed by atoms with E-state index < -0.39 is 11.7 Å². The highest BCUT2D eigenvalue weighted by Gasteiger charge is 2.26. The molecule has 2 aliphatic rings. The molecule has 6 N–H and O–H groups in total. The Morgan fingerprint density at radius 3 is 2.47 bits per heavy atom. The number of carbonyl (C=O) groups excluding carboxylic acids is 2. The van der Waals surface area contributed by atoms with Crippen LogP contribution in [0.5, 0.6) is 0 Å². The Bertz CT molecular complexity index is 1250. The number of halogens is 1. The molecule has 190 valence electrons. The van der Waals surface area contributed by atoms with Crippen molar-refractivity contribution in [2.24, 2.45) is 5.73 Å². The minimum absolute atomic E-state index is 0.00520. The lowest BCUT2D eigenvalue weighted by molar-refractivity contribution is -0.121. The number of nitrogens with two attached hydrogens (primary N) is 1. The van der Waals surface area contributed by atoms with Crippen molar-refractivity contribution in [3.63, 3.8) is 0 Å². The van der Waals surface area contributed by atoms with Crippen LogP contribution in [0.1, 0.15) is 55.4 Å². The number of nitrogens with zero attached hydrogens (tertiary/aromatic N) is 4. The van der Waals surface area contributed by atoms with Crippen LogP contribution in [0.15, 0.2) is 30.7 Å². The molecule has 0 saturated heterocycles. The van der Waals surface area contributed by atoms with E-state index in [2.05, 4.69) is 36.3 Å². The van der Waals surface area contributed by atoms with Gasteiger partial charge in [0.25, 0.3) is 5.91 Å². The highest BCUT2D eigenvalue weighted by atomic mass is 19.1. The first kappa shape index (κ1) is 23.9. The smallest absolute Gasteiger partial charge is 0.276 e. The minimum Gasteiger partial charge on any atom is -0.379 e. The third-order valence-corrected chi connectivity index (χ3v) is 6.47. The molecule has 2 saturated carbocycles. The van der Waals surface area contributed by atoms with Gasteiger partial charge in [0.2, 0.25) is 5.91 Å². The van der Waals surface area contributed by atoms with Gasteiger partial charge in [0.05, 0.1) is 23.8 Å². The lowest BCUT2D eigenvalue weighted by atomic mass is 9.91. The van der Waals surface area contributed by atoms with E-state index in [1.165, 1.54) is 23.0 Å². The summed E-state index contributed by atoms with van der Waals surface area (Å²) in [5.41, 5.74) is 7.00. The molecule has 0 radical (unpaired) electrons. The molecule has 12 heteroatoms. The van der Waals surface area contributed by atoms with E-state index in [1.807, 2.05) is 6.07 Å². The summed E-state index contributed by atoms with van der Waals surface area (Å²) in [5.74, 6) is -0.540. The molecule has 5 rings (SSSR count). The second-order valence-electron chi connectivity index (χ2n) is 9.35. The minimum atomic E-state index is -0.624. The predicted molar refractivity (Wildman–Crippen MR) is 133 cm³/mol. The molecule has 0 aliphatic heterocycles. The maximum absolute atomic E-state index is 14.0. The summed E-state index contributed by atoms with van der Waals surface area (Å²) in [7, 11) is 0. The van der Waals surface area contributed by atoms with Gasteiger partial charge in [-0.15, -0.1) is 5.10 Å². The summed E-state index contributed by atoms with van der Waals surface area (Å²) in [6.45, 7) is 0.347. The van der Waals surface area contributed by atoms with Gasteiger partial charge in [-0.3, -0.25) is 14.6 Å². The molecular formula is C24H30FN9O2. The van der Waals surface area contributed by atoms with E-state index in [0.717, 1.165) is 50.4 Å². The van der Waals surface area contributed by atoms with Gasteiger partial charge in [-0.2, -0.15) is 0 Å². The van der Waals surface area contributed by atoms with Crippen LogP contribution in [0.25, 0.3) is 5.65 Å². The number of hydrogen-bond donors (Lipinski definition) is 5. The number of anilines is 3. The number of imidazole rings is 1. The molecule has 0 unspecified atom stereocenters. The van der Waals surface area contributed by atoms with Crippen LogP contribution in [0, 0.1) is 5.82 Å². The summed E-state index contributed by atoms with van der Waals surface area (Å²) in [5, 5.41) is 17.2. The molecule has 3 heterocycles. The van der Waals surface area contributed by atoms with Crippen molar-refractivity contribution in [3.05, 3.63) is 42.2 Å². The zero-order valence-corrected chi connectivity index (χ0v) is 19.8. The van der Waals surface area contributed by atoms with Crippen molar-refractivity contribution in [3.8, 4) is 0 Å². The lowest BCUT2D eigenvalue weighted by Crippen LogP contribution is -2.40. The first-order valence-electron chi connectivity index (χ1n) is 12.3. The number of amides is 2. The van der Waals surface area contributed by atoms with E-state index >= 15 is 0 Å². The first-order valence-corrected chi connectivity index (χ1v) is 12.3. The zero-order valence-electron chi connectivity index (χ0n) is 19.8. The highest BCUT2D eigenvalue weighted by Crippen LogP contribution is 2.30. The topological polar surface area (TPSA) is 151 Å². The number of fused-ring (bicyclic) bond motifs is 1. The number of rotatable bonds is 9. The third kappa shape index (κ3) is 5.54. The maximum atomic E-state index is 14.0. The zero-order chi connectivity index (χ0) is 25.1. The summed E-state index contributed by atoms with van der Waals surface area (Å²) < 4.78 is 15.5. The molecule has 2 fully saturated rings. The van der Waals surface area contributed by atoms with Gasteiger partial charge in [0.15, 0.2) is 17.2 Å². The summed E-state index contributed by atoms with van der Waals surface area (Å²) in [6, 6.07) is 4.02. The van der Waals surface area contributed by atoms with Crippen molar-refractivity contribution in [2.75, 3.05) is 22.5 Å². The van der Waals surface area contributed by atoms with Crippen molar-refractivity contribution >= 4 is 34.7 Å². The standard InChI is InChI=1S/C24H30FN9O2/c25-17-12-27-10-8-18(17)32-24(36)20-13-28-23-19(29-14-1-2-14)11-21(33-34(20)23)30-15-3-5-16(6-4-15)31-22(35)7-9-26/h8,10-16,29H,1-7,9,26H2,(H,30,33)(H,31,35)(H,27,32,36). The number of hydrogen-bond acceptors (Lipinski definition) is 8. The van der Waals surface area contributed by atoms with Crippen molar-refractivity contribution in [1.29, 1.82) is 0 Å². The van der Waals surface area contributed by atoms with Crippen LogP contribution < -0.4 is 27.0 Å². The second-order valence-corrected chi connectivity index (χ2v) is 9.35. The van der Waals surface area contributed by atoms with E-state index in [1.54, 1.807) is 0 Å². The molecule has 2 amide bonds. The van der Waals surface area contributed by atoms with Gasteiger partial charge in [-0.1, -0.05) is 0 Å². The number of pyridine rings is 1. The lowest BCUT2D eigenvalue weighted by Gasteiger charge is -2.30. The Morgan fingerprint density at radius 2 is 1.75 bits per heavy atom. The molecule has 11 nitrogen and oxygen atoms in total. The first-order chi connectivity index (χ1) is 17.5. The summed E-state index contributed by atoms with van der Waals surface area (Å²) in [6.07, 6.45) is 9.85. The van der Waals surface area contributed by atoms with E-state index in [9.17, 15) is 14.0 Å². The summed E-state index contributed by atoms with van der Waals surface area (Å²) >= 11 is 0. The molecule has 3 aromatic heterocycles. The normalized spacial score (nSPS) is 19.6. The van der Waals surface area contributed by atoms with Gasteiger partial charge in [0, 0.05) is 43.4 Å².